The fourth-order valence-corrected chi connectivity index (χ4v) is 2.52. The molecule has 0 atom stereocenters. The van der Waals surface area contributed by atoms with Crippen molar-refractivity contribution in [1.29, 1.82) is 0 Å². The van der Waals surface area contributed by atoms with Crippen LogP contribution in [0.1, 0.15) is 20.7 Å². The van der Waals surface area contributed by atoms with E-state index in [0.29, 0.717) is 21.2 Å². The molecule has 23 heavy (non-hydrogen) atoms. The van der Waals surface area contributed by atoms with Crippen LogP contribution in [0.3, 0.4) is 0 Å². The number of amides is 1. The van der Waals surface area contributed by atoms with Gasteiger partial charge >= 0.3 is 0 Å². The maximum absolute atomic E-state index is 12.1. The van der Waals surface area contributed by atoms with Crippen LogP contribution in [0.5, 0.6) is 0 Å². The van der Waals surface area contributed by atoms with Gasteiger partial charge in [0, 0.05) is 41.0 Å². The van der Waals surface area contributed by atoms with Crippen molar-refractivity contribution < 1.29 is 9.59 Å². The van der Waals surface area contributed by atoms with E-state index in [1.54, 1.807) is 12.1 Å². The van der Waals surface area contributed by atoms with Crippen molar-refractivity contribution in [3.63, 3.8) is 0 Å². The molecule has 2 aromatic rings. The number of rotatable bonds is 5. The van der Waals surface area contributed by atoms with E-state index in [-0.39, 0.29) is 12.3 Å². The van der Waals surface area contributed by atoms with Crippen LogP contribution in [0.15, 0.2) is 42.5 Å². The molecule has 2 aromatic carbocycles. The van der Waals surface area contributed by atoms with Crippen molar-refractivity contribution >= 4 is 40.6 Å². The molecule has 1 amide bonds. The third-order valence-electron chi connectivity index (χ3n) is 3.24. The first-order valence-corrected chi connectivity index (χ1v) is 7.67. The Labute approximate surface area is 145 Å². The predicted octanol–water partition coefficient (Wildman–Crippen LogP) is 3.67. The Hall–Kier alpha value is -2.04. The number of nitrogens with one attached hydrogen (secondary N) is 1. The fourth-order valence-electron chi connectivity index (χ4n) is 2.00. The Morgan fingerprint density at radius 2 is 1.52 bits per heavy atom. The molecule has 4 nitrogen and oxygen atoms in total. The van der Waals surface area contributed by atoms with E-state index >= 15 is 0 Å². The topological polar surface area (TPSA) is 49.4 Å². The van der Waals surface area contributed by atoms with Crippen molar-refractivity contribution in [2.45, 2.75) is 0 Å². The second-order valence-electron chi connectivity index (χ2n) is 5.21. The lowest BCUT2D eigenvalue weighted by Gasteiger charge is -2.12. The lowest BCUT2D eigenvalue weighted by atomic mass is 10.1. The van der Waals surface area contributed by atoms with Gasteiger partial charge in [0.15, 0.2) is 5.78 Å². The van der Waals surface area contributed by atoms with Crippen LogP contribution in [0.4, 0.5) is 5.69 Å². The molecule has 0 saturated heterocycles. The number of ketones is 1. The summed E-state index contributed by atoms with van der Waals surface area (Å²) in [6, 6.07) is 11.7. The highest BCUT2D eigenvalue weighted by Crippen LogP contribution is 2.19. The molecule has 120 valence electrons. The van der Waals surface area contributed by atoms with Gasteiger partial charge in [-0.1, -0.05) is 23.2 Å². The molecule has 2 rings (SSSR count). The number of carbonyl (C=O) groups is 2. The average molecular weight is 351 g/mol. The Balaban J connectivity index is 1.99. The number of hydrogen-bond donors (Lipinski definition) is 1. The zero-order valence-corrected chi connectivity index (χ0v) is 14.3. The first-order valence-electron chi connectivity index (χ1n) is 6.91. The second kappa shape index (κ2) is 7.49. The molecule has 1 N–H and O–H groups in total. The number of Topliss-reactive ketones (excluding diaryl/α,β-unsaturated/α-hetero) is 1. The van der Waals surface area contributed by atoms with Gasteiger partial charge in [0.1, 0.15) is 0 Å². The molecule has 0 heterocycles. The van der Waals surface area contributed by atoms with E-state index in [2.05, 4.69) is 5.32 Å². The molecule has 0 aromatic heterocycles. The molecular formula is C17H16Cl2N2O2. The molecule has 0 aliphatic heterocycles. The van der Waals surface area contributed by atoms with E-state index in [1.807, 2.05) is 31.1 Å². The summed E-state index contributed by atoms with van der Waals surface area (Å²) in [6.45, 7) is -0.0930. The van der Waals surface area contributed by atoms with Crippen LogP contribution in [-0.4, -0.2) is 32.3 Å². The van der Waals surface area contributed by atoms with Crippen molar-refractivity contribution in [1.82, 2.24) is 5.32 Å². The Morgan fingerprint density at radius 3 is 2.04 bits per heavy atom. The highest BCUT2D eigenvalue weighted by molar-refractivity contribution is 6.35. The Morgan fingerprint density at radius 1 is 0.957 bits per heavy atom. The SMILES string of the molecule is CN(C)c1ccc(C(=O)CNC(=O)c2cc(Cl)cc(Cl)c2)cc1. The number of anilines is 1. The monoisotopic (exact) mass is 350 g/mol. The van der Waals surface area contributed by atoms with Gasteiger partial charge in [-0.2, -0.15) is 0 Å². The predicted molar refractivity (Wildman–Crippen MR) is 93.9 cm³/mol. The van der Waals surface area contributed by atoms with Gasteiger partial charge in [-0.05, 0) is 42.5 Å². The fraction of sp³-hybridized carbons (Fsp3) is 0.176. The number of carbonyl (C=O) groups excluding carboxylic acids is 2. The van der Waals surface area contributed by atoms with Gasteiger partial charge in [0.2, 0.25) is 0 Å². The lowest BCUT2D eigenvalue weighted by Crippen LogP contribution is -2.29. The van der Waals surface area contributed by atoms with E-state index < -0.39 is 5.91 Å². The number of benzene rings is 2. The molecule has 0 spiro atoms. The van der Waals surface area contributed by atoms with E-state index in [9.17, 15) is 9.59 Å². The largest absolute Gasteiger partial charge is 0.378 e. The van der Waals surface area contributed by atoms with Crippen molar-refractivity contribution in [3.8, 4) is 0 Å². The normalized spacial score (nSPS) is 10.3. The first-order chi connectivity index (χ1) is 10.9. The maximum atomic E-state index is 12.1. The van der Waals surface area contributed by atoms with E-state index in [4.69, 9.17) is 23.2 Å². The van der Waals surface area contributed by atoms with E-state index in [1.165, 1.54) is 18.2 Å². The molecule has 0 unspecified atom stereocenters. The minimum absolute atomic E-state index is 0.0930. The Kier molecular flexibility index (Phi) is 5.64. The van der Waals surface area contributed by atoms with Gasteiger partial charge in [0.05, 0.1) is 6.54 Å². The lowest BCUT2D eigenvalue weighted by molar-refractivity contribution is 0.0904. The third kappa shape index (κ3) is 4.71. The average Bonchev–Trinajstić information content (AvgIpc) is 2.51. The minimum atomic E-state index is -0.396. The highest BCUT2D eigenvalue weighted by atomic mass is 35.5. The Bertz CT molecular complexity index is 708. The van der Waals surface area contributed by atoms with Crippen LogP contribution >= 0.6 is 23.2 Å². The van der Waals surface area contributed by atoms with Crippen molar-refractivity contribution in [2.24, 2.45) is 0 Å². The summed E-state index contributed by atoms with van der Waals surface area (Å²) in [5, 5.41) is 3.31. The number of hydrogen-bond acceptors (Lipinski definition) is 3. The summed E-state index contributed by atoms with van der Waals surface area (Å²) in [5.41, 5.74) is 1.86. The van der Waals surface area contributed by atoms with Gasteiger partial charge < -0.3 is 10.2 Å². The standard InChI is InChI=1S/C17H16Cl2N2O2/c1-21(2)15-5-3-11(4-6-15)16(22)10-20-17(23)12-7-13(18)9-14(19)8-12/h3-9H,10H2,1-2H3,(H,20,23). The molecule has 0 saturated carbocycles. The molecule has 0 aliphatic carbocycles. The van der Waals surface area contributed by atoms with Crippen LogP contribution in [0.25, 0.3) is 0 Å². The van der Waals surface area contributed by atoms with Crippen molar-refractivity contribution in [2.75, 3.05) is 25.5 Å². The third-order valence-corrected chi connectivity index (χ3v) is 3.68. The summed E-state index contributed by atoms with van der Waals surface area (Å²) in [4.78, 5) is 26.1. The number of halogens is 2. The highest BCUT2D eigenvalue weighted by Gasteiger charge is 2.11. The second-order valence-corrected chi connectivity index (χ2v) is 6.08. The molecule has 0 radical (unpaired) electrons. The molecule has 0 fully saturated rings. The van der Waals surface area contributed by atoms with Gasteiger partial charge in [-0.25, -0.2) is 0 Å². The van der Waals surface area contributed by atoms with Crippen molar-refractivity contribution in [3.05, 3.63) is 63.6 Å². The quantitative estimate of drug-likeness (QED) is 0.837. The molecule has 6 heteroatoms. The first kappa shape index (κ1) is 17.3. The van der Waals surface area contributed by atoms with Crippen LogP contribution in [0.2, 0.25) is 10.0 Å². The number of nitrogens with zero attached hydrogens (tertiary/aromatic N) is 1. The zero-order chi connectivity index (χ0) is 17.0. The summed E-state index contributed by atoms with van der Waals surface area (Å²) in [7, 11) is 3.85. The van der Waals surface area contributed by atoms with Gasteiger partial charge in [-0.15, -0.1) is 0 Å². The van der Waals surface area contributed by atoms with E-state index in [0.717, 1.165) is 5.69 Å². The molecule has 0 aliphatic rings. The van der Waals surface area contributed by atoms with Gasteiger partial charge in [0.25, 0.3) is 5.91 Å². The summed E-state index contributed by atoms with van der Waals surface area (Å²) >= 11 is 11.7. The minimum Gasteiger partial charge on any atom is -0.378 e. The smallest absolute Gasteiger partial charge is 0.251 e. The maximum Gasteiger partial charge on any atom is 0.251 e. The summed E-state index contributed by atoms with van der Waals surface area (Å²) < 4.78 is 0. The van der Waals surface area contributed by atoms with Crippen LogP contribution < -0.4 is 10.2 Å². The zero-order valence-electron chi connectivity index (χ0n) is 12.8. The summed E-state index contributed by atoms with van der Waals surface area (Å²) in [6.07, 6.45) is 0. The van der Waals surface area contributed by atoms with Crippen LogP contribution in [0, 0.1) is 0 Å². The van der Waals surface area contributed by atoms with Crippen LogP contribution in [-0.2, 0) is 0 Å². The molecular weight excluding hydrogens is 335 g/mol. The molecule has 0 bridgehead atoms. The van der Waals surface area contributed by atoms with Gasteiger partial charge in [-0.3, -0.25) is 9.59 Å². The summed E-state index contributed by atoms with van der Waals surface area (Å²) in [5.74, 6) is -0.565.